The Hall–Kier alpha value is -1.44. The van der Waals surface area contributed by atoms with E-state index >= 15 is 0 Å². The second-order valence-electron chi connectivity index (χ2n) is 8.72. The molecule has 3 N–H and O–H groups in total. The number of piperidine rings is 1. The Bertz CT molecular complexity index is 777. The van der Waals surface area contributed by atoms with Gasteiger partial charge in [-0.05, 0) is 70.2 Å². The fourth-order valence-corrected chi connectivity index (χ4v) is 5.92. The van der Waals surface area contributed by atoms with Crippen molar-refractivity contribution in [3.63, 3.8) is 0 Å². The quantitative estimate of drug-likeness (QED) is 0.671. The molecule has 4 atom stereocenters. The van der Waals surface area contributed by atoms with Gasteiger partial charge in [-0.3, -0.25) is 4.79 Å². The average molecular weight is 409 g/mol. The van der Waals surface area contributed by atoms with Crippen molar-refractivity contribution in [2.75, 3.05) is 18.4 Å². The molecule has 3 rings (SSSR count). The highest BCUT2D eigenvalue weighted by atomic mass is 32.2. The molecule has 0 aromatic heterocycles. The Morgan fingerprint density at radius 3 is 2.32 bits per heavy atom. The second-order valence-corrected chi connectivity index (χ2v) is 10.4. The molecule has 1 aromatic rings. The maximum atomic E-state index is 12.7. The van der Waals surface area contributed by atoms with E-state index in [-0.39, 0.29) is 22.9 Å². The molecule has 0 radical (unpaired) electrons. The van der Waals surface area contributed by atoms with Gasteiger partial charge in [-0.1, -0.05) is 12.8 Å². The van der Waals surface area contributed by atoms with E-state index in [1.54, 1.807) is 26.0 Å². The maximum Gasteiger partial charge on any atom is 0.282 e. The number of hydrogen-bond donors (Lipinski definition) is 3. The number of carbonyl (C=O) groups excluding carboxylic acids is 1. The van der Waals surface area contributed by atoms with Crippen LogP contribution in [0.25, 0.3) is 0 Å². The molecule has 0 spiro atoms. The minimum atomic E-state index is -3.52. The van der Waals surface area contributed by atoms with E-state index in [0.29, 0.717) is 5.69 Å². The molecule has 1 aromatic carbocycles. The summed E-state index contributed by atoms with van der Waals surface area (Å²) < 4.78 is 27.0. The van der Waals surface area contributed by atoms with Gasteiger partial charge in [0.15, 0.2) is 6.04 Å². The number of amides is 1. The molecule has 2 aliphatic rings. The van der Waals surface area contributed by atoms with Crippen LogP contribution in [-0.2, 0) is 14.8 Å². The summed E-state index contributed by atoms with van der Waals surface area (Å²) in [5, 5.41) is 2.96. The first-order valence-electron chi connectivity index (χ1n) is 10.5. The highest BCUT2D eigenvalue weighted by molar-refractivity contribution is 7.89. The van der Waals surface area contributed by atoms with E-state index in [1.807, 2.05) is 6.92 Å². The first kappa shape index (κ1) is 21.3. The standard InChI is InChI=1S/C21H33N3O3S/c1-15(2)23-28(26,27)20-10-8-19(9-11-20)22-21(25)16(3)24-13-12-17-6-4-5-7-18(17)14-24/h8-11,15-18,23H,4-7,12-14H2,1-3H3,(H,22,25)/p+1/t16-,17+,18-/m1/s1. The molecule has 1 amide bonds. The lowest BCUT2D eigenvalue weighted by Gasteiger charge is -2.40. The van der Waals surface area contributed by atoms with Gasteiger partial charge in [-0.15, -0.1) is 0 Å². The molecule has 28 heavy (non-hydrogen) atoms. The van der Waals surface area contributed by atoms with Gasteiger partial charge < -0.3 is 10.2 Å². The lowest BCUT2D eigenvalue weighted by Crippen LogP contribution is -3.18. The maximum absolute atomic E-state index is 12.7. The first-order valence-corrected chi connectivity index (χ1v) is 12.0. The molecule has 1 aliphatic carbocycles. The van der Waals surface area contributed by atoms with E-state index in [4.69, 9.17) is 0 Å². The van der Waals surface area contributed by atoms with Crippen LogP contribution in [0.1, 0.15) is 52.9 Å². The van der Waals surface area contributed by atoms with E-state index in [2.05, 4.69) is 10.0 Å². The molecule has 2 fully saturated rings. The average Bonchev–Trinajstić information content (AvgIpc) is 2.66. The molecule has 6 nitrogen and oxygen atoms in total. The molecule has 1 saturated carbocycles. The summed E-state index contributed by atoms with van der Waals surface area (Å²) in [4.78, 5) is 14.3. The number of rotatable bonds is 6. The van der Waals surface area contributed by atoms with E-state index in [9.17, 15) is 13.2 Å². The fraction of sp³-hybridized carbons (Fsp3) is 0.667. The van der Waals surface area contributed by atoms with Crippen LogP contribution in [-0.4, -0.2) is 39.5 Å². The third-order valence-corrected chi connectivity index (χ3v) is 7.93. The zero-order chi connectivity index (χ0) is 20.3. The zero-order valence-electron chi connectivity index (χ0n) is 17.2. The molecule has 156 valence electrons. The van der Waals surface area contributed by atoms with Crippen molar-refractivity contribution in [1.29, 1.82) is 0 Å². The number of benzene rings is 1. The van der Waals surface area contributed by atoms with Crippen molar-refractivity contribution in [3.05, 3.63) is 24.3 Å². The lowest BCUT2D eigenvalue weighted by atomic mass is 9.75. The number of sulfonamides is 1. The molecule has 1 unspecified atom stereocenters. The summed E-state index contributed by atoms with van der Waals surface area (Å²) in [6.07, 6.45) is 6.59. The lowest BCUT2D eigenvalue weighted by molar-refractivity contribution is -0.924. The van der Waals surface area contributed by atoms with Gasteiger partial charge in [0.05, 0.1) is 18.0 Å². The number of likely N-dealkylation sites (tertiary alicyclic amines) is 1. The van der Waals surface area contributed by atoms with E-state index < -0.39 is 10.0 Å². The number of nitrogens with one attached hydrogen (secondary N) is 3. The summed E-state index contributed by atoms with van der Waals surface area (Å²) in [6, 6.07) is 6.11. The van der Waals surface area contributed by atoms with Gasteiger partial charge in [-0.2, -0.15) is 0 Å². The number of anilines is 1. The molecule has 7 heteroatoms. The monoisotopic (exact) mass is 408 g/mol. The Labute approximate surface area is 169 Å². The van der Waals surface area contributed by atoms with Crippen LogP contribution in [0.5, 0.6) is 0 Å². The van der Waals surface area contributed by atoms with Gasteiger partial charge in [-0.25, -0.2) is 13.1 Å². The first-order chi connectivity index (χ1) is 13.3. The van der Waals surface area contributed by atoms with Crippen LogP contribution in [0.3, 0.4) is 0 Å². The topological polar surface area (TPSA) is 79.7 Å². The molecule has 1 saturated heterocycles. The van der Waals surface area contributed by atoms with E-state index in [1.165, 1.54) is 49.1 Å². The van der Waals surface area contributed by atoms with Crippen LogP contribution in [0.15, 0.2) is 29.2 Å². The van der Waals surface area contributed by atoms with Gasteiger partial charge in [0.1, 0.15) is 0 Å². The van der Waals surface area contributed by atoms with Crippen molar-refractivity contribution in [2.24, 2.45) is 11.8 Å². The third kappa shape index (κ3) is 5.13. The van der Waals surface area contributed by atoms with Crippen LogP contribution in [0.2, 0.25) is 0 Å². The van der Waals surface area contributed by atoms with Crippen LogP contribution in [0, 0.1) is 11.8 Å². The zero-order valence-corrected chi connectivity index (χ0v) is 18.0. The molecule has 0 bridgehead atoms. The van der Waals surface area contributed by atoms with Gasteiger partial charge in [0.25, 0.3) is 5.91 Å². The van der Waals surface area contributed by atoms with Crippen LogP contribution < -0.4 is 14.9 Å². The predicted molar refractivity (Wildman–Crippen MR) is 111 cm³/mol. The van der Waals surface area contributed by atoms with Crippen molar-refractivity contribution < 1.29 is 18.1 Å². The summed E-state index contributed by atoms with van der Waals surface area (Å²) in [5.74, 6) is 1.63. The van der Waals surface area contributed by atoms with Crippen LogP contribution in [0.4, 0.5) is 5.69 Å². The second kappa shape index (κ2) is 8.93. The summed E-state index contributed by atoms with van der Waals surface area (Å²) in [5.41, 5.74) is 0.632. The summed E-state index contributed by atoms with van der Waals surface area (Å²) in [6.45, 7) is 7.72. The Morgan fingerprint density at radius 2 is 1.68 bits per heavy atom. The highest BCUT2D eigenvalue weighted by Gasteiger charge is 2.37. The van der Waals surface area contributed by atoms with Crippen LogP contribution >= 0.6 is 0 Å². The van der Waals surface area contributed by atoms with Crippen molar-refractivity contribution >= 4 is 21.6 Å². The van der Waals surface area contributed by atoms with Gasteiger partial charge >= 0.3 is 0 Å². The van der Waals surface area contributed by atoms with E-state index in [0.717, 1.165) is 24.9 Å². The Morgan fingerprint density at radius 1 is 1.04 bits per heavy atom. The fourth-order valence-electron chi connectivity index (χ4n) is 4.67. The summed E-state index contributed by atoms with van der Waals surface area (Å²) in [7, 11) is -3.52. The van der Waals surface area contributed by atoms with Gasteiger partial charge in [0.2, 0.25) is 10.0 Å². The SMILES string of the molecule is CC(C)NS(=O)(=O)c1ccc(NC(=O)[C@@H](C)[NH+]2CC[C@@H]3CCCC[C@@H]3C2)cc1. The molecule has 1 heterocycles. The third-order valence-electron chi connectivity index (χ3n) is 6.26. The minimum absolute atomic E-state index is 0.000159. The molecular weight excluding hydrogens is 374 g/mol. The normalized spacial score (nSPS) is 26.5. The van der Waals surface area contributed by atoms with Crippen molar-refractivity contribution in [2.45, 2.75) is 69.9 Å². The largest absolute Gasteiger partial charge is 0.325 e. The van der Waals surface area contributed by atoms with Crippen molar-refractivity contribution in [1.82, 2.24) is 4.72 Å². The molecular formula is C21H34N3O3S+. The minimum Gasteiger partial charge on any atom is -0.325 e. The molecule has 1 aliphatic heterocycles. The number of fused-ring (bicyclic) bond motifs is 1. The Balaban J connectivity index is 1.58. The Kier molecular flexibility index (Phi) is 6.78. The predicted octanol–water partition coefficient (Wildman–Crippen LogP) is 1.80. The van der Waals surface area contributed by atoms with Gasteiger partial charge in [0, 0.05) is 17.6 Å². The smallest absolute Gasteiger partial charge is 0.282 e. The number of carbonyl (C=O) groups is 1. The summed E-state index contributed by atoms with van der Waals surface area (Å²) >= 11 is 0. The number of quaternary nitrogens is 1. The van der Waals surface area contributed by atoms with Crippen molar-refractivity contribution in [3.8, 4) is 0 Å². The number of hydrogen-bond acceptors (Lipinski definition) is 3. The highest BCUT2D eigenvalue weighted by Crippen LogP contribution is 2.32.